The Balaban J connectivity index is 2.14. The fraction of sp³-hybridized carbons (Fsp3) is 0.188. The number of methoxy groups -OCH3 is 1. The topological polar surface area (TPSA) is 62.5 Å². The molecule has 0 aliphatic heterocycles. The lowest BCUT2D eigenvalue weighted by atomic mass is 10.2. The van der Waals surface area contributed by atoms with E-state index >= 15 is 0 Å². The van der Waals surface area contributed by atoms with Crippen LogP contribution in [0.1, 0.15) is 16.0 Å². The summed E-state index contributed by atoms with van der Waals surface area (Å²) in [4.78, 5) is 0.974. The summed E-state index contributed by atoms with van der Waals surface area (Å²) >= 11 is 1.54. The third kappa shape index (κ3) is 3.76. The average Bonchev–Trinajstić information content (AvgIpc) is 2.98. The molecule has 0 aliphatic carbocycles. The molecule has 0 unspecified atom stereocenters. The van der Waals surface area contributed by atoms with Crippen molar-refractivity contribution in [3.05, 3.63) is 45.6 Å². The van der Waals surface area contributed by atoms with E-state index in [1.165, 1.54) is 18.4 Å². The number of aliphatic hydroxyl groups is 1. The molecule has 1 heterocycles. The molecule has 106 valence electrons. The second-order valence-corrected chi connectivity index (χ2v) is 4.98. The number of aliphatic hydroxyl groups excluding tert-OH is 1. The van der Waals surface area contributed by atoms with Gasteiger partial charge >= 0.3 is 0 Å². The first-order valence-electron chi connectivity index (χ1n) is 6.15. The Morgan fingerprint density at radius 1 is 1.29 bits per heavy atom. The number of nitrogens with zero attached hydrogens (tertiary/aromatic N) is 1. The van der Waals surface area contributed by atoms with Gasteiger partial charge in [0.1, 0.15) is 13.2 Å². The minimum absolute atomic E-state index is 0.167. The molecule has 0 atom stereocenters. The maximum Gasteiger partial charge on any atom is 0.162 e. The standard InChI is InChI=1S/C16H13NO3S/c1-19-15-9-12(10-17)4-5-14(15)20-11-16-13(3-2-7-18)6-8-21-16/h4-6,8-9,18H,7,11H2,1H3. The summed E-state index contributed by atoms with van der Waals surface area (Å²) in [5.41, 5.74) is 1.37. The van der Waals surface area contributed by atoms with Crippen molar-refractivity contribution in [2.75, 3.05) is 13.7 Å². The van der Waals surface area contributed by atoms with E-state index in [1.807, 2.05) is 11.4 Å². The summed E-state index contributed by atoms with van der Waals surface area (Å²) in [7, 11) is 1.53. The lowest BCUT2D eigenvalue weighted by Crippen LogP contribution is -1.98. The highest BCUT2D eigenvalue weighted by atomic mass is 32.1. The molecule has 21 heavy (non-hydrogen) atoms. The Labute approximate surface area is 127 Å². The van der Waals surface area contributed by atoms with Gasteiger partial charge < -0.3 is 14.6 Å². The first-order chi connectivity index (χ1) is 10.3. The van der Waals surface area contributed by atoms with Crippen molar-refractivity contribution in [2.24, 2.45) is 0 Å². The molecule has 1 N–H and O–H groups in total. The van der Waals surface area contributed by atoms with Crippen molar-refractivity contribution < 1.29 is 14.6 Å². The van der Waals surface area contributed by atoms with Gasteiger partial charge in [0.05, 0.1) is 23.6 Å². The summed E-state index contributed by atoms with van der Waals surface area (Å²) in [6, 6.07) is 8.97. The zero-order chi connectivity index (χ0) is 15.1. The van der Waals surface area contributed by atoms with Crippen molar-refractivity contribution in [3.63, 3.8) is 0 Å². The van der Waals surface area contributed by atoms with Crippen LogP contribution in [-0.2, 0) is 6.61 Å². The van der Waals surface area contributed by atoms with E-state index in [-0.39, 0.29) is 6.61 Å². The Hall–Kier alpha value is -2.47. The number of benzene rings is 1. The monoisotopic (exact) mass is 299 g/mol. The maximum atomic E-state index is 8.87. The van der Waals surface area contributed by atoms with Crippen LogP contribution >= 0.6 is 11.3 Å². The van der Waals surface area contributed by atoms with Gasteiger partial charge in [0.2, 0.25) is 0 Å². The molecular formula is C16H13NO3S. The first kappa shape index (κ1) is 14.9. The van der Waals surface area contributed by atoms with Gasteiger partial charge in [-0.25, -0.2) is 0 Å². The highest BCUT2D eigenvalue weighted by molar-refractivity contribution is 7.10. The fourth-order valence-corrected chi connectivity index (χ4v) is 2.44. The molecule has 2 aromatic rings. The minimum atomic E-state index is -0.167. The SMILES string of the molecule is COc1cc(C#N)ccc1OCc1sccc1C#CCO. The number of rotatable bonds is 4. The second kappa shape index (κ2) is 7.35. The van der Waals surface area contributed by atoms with Gasteiger partial charge in [-0.2, -0.15) is 5.26 Å². The smallest absolute Gasteiger partial charge is 0.162 e. The lowest BCUT2D eigenvalue weighted by molar-refractivity contribution is 0.287. The molecule has 5 heteroatoms. The molecule has 4 nitrogen and oxygen atoms in total. The molecule has 1 aromatic carbocycles. The van der Waals surface area contributed by atoms with Gasteiger partial charge in [-0.15, -0.1) is 11.3 Å². The van der Waals surface area contributed by atoms with Gasteiger partial charge in [-0.05, 0) is 23.6 Å². The zero-order valence-electron chi connectivity index (χ0n) is 11.4. The Bertz CT molecular complexity index is 719. The van der Waals surface area contributed by atoms with Crippen LogP contribution in [0.3, 0.4) is 0 Å². The summed E-state index contributed by atoms with van der Waals surface area (Å²) in [5.74, 6) is 6.60. The molecule has 0 fully saturated rings. The molecule has 2 rings (SSSR count). The zero-order valence-corrected chi connectivity index (χ0v) is 12.2. The molecule has 0 amide bonds. The van der Waals surface area contributed by atoms with Crippen LogP contribution in [0.4, 0.5) is 0 Å². The van der Waals surface area contributed by atoms with Crippen LogP contribution in [0, 0.1) is 23.2 Å². The Morgan fingerprint density at radius 2 is 2.14 bits per heavy atom. The van der Waals surface area contributed by atoms with Gasteiger partial charge in [0.25, 0.3) is 0 Å². The third-order valence-electron chi connectivity index (χ3n) is 2.70. The maximum absolute atomic E-state index is 8.87. The van der Waals surface area contributed by atoms with Crippen molar-refractivity contribution in [3.8, 4) is 29.4 Å². The van der Waals surface area contributed by atoms with E-state index in [9.17, 15) is 0 Å². The number of thiophene rings is 1. The highest BCUT2D eigenvalue weighted by Gasteiger charge is 2.08. The molecule has 0 saturated heterocycles. The number of ether oxygens (including phenoxy) is 2. The van der Waals surface area contributed by atoms with Crippen LogP contribution in [0.25, 0.3) is 0 Å². The van der Waals surface area contributed by atoms with E-state index in [1.54, 1.807) is 18.2 Å². The quantitative estimate of drug-likeness (QED) is 0.881. The predicted molar refractivity (Wildman–Crippen MR) is 80.3 cm³/mol. The molecule has 0 saturated carbocycles. The van der Waals surface area contributed by atoms with Crippen LogP contribution < -0.4 is 9.47 Å². The molecule has 1 aromatic heterocycles. The van der Waals surface area contributed by atoms with E-state index in [2.05, 4.69) is 17.9 Å². The van der Waals surface area contributed by atoms with Crippen LogP contribution in [0.15, 0.2) is 29.6 Å². The fourth-order valence-electron chi connectivity index (χ4n) is 1.70. The van der Waals surface area contributed by atoms with Crippen molar-refractivity contribution in [1.82, 2.24) is 0 Å². The van der Waals surface area contributed by atoms with Crippen LogP contribution in [-0.4, -0.2) is 18.8 Å². The minimum Gasteiger partial charge on any atom is -0.493 e. The van der Waals surface area contributed by atoms with Gasteiger partial charge in [0, 0.05) is 11.6 Å². The van der Waals surface area contributed by atoms with Gasteiger partial charge in [-0.3, -0.25) is 0 Å². The van der Waals surface area contributed by atoms with Gasteiger partial charge in [-0.1, -0.05) is 11.8 Å². The highest BCUT2D eigenvalue weighted by Crippen LogP contribution is 2.29. The summed E-state index contributed by atoms with van der Waals surface area (Å²) < 4.78 is 11.0. The van der Waals surface area contributed by atoms with E-state index < -0.39 is 0 Å². The average molecular weight is 299 g/mol. The first-order valence-corrected chi connectivity index (χ1v) is 7.03. The number of hydrogen-bond donors (Lipinski definition) is 1. The summed E-state index contributed by atoms with van der Waals surface area (Å²) in [5, 5.41) is 19.5. The Morgan fingerprint density at radius 3 is 2.86 bits per heavy atom. The Kier molecular flexibility index (Phi) is 5.22. The lowest BCUT2D eigenvalue weighted by Gasteiger charge is -2.10. The molecule has 0 radical (unpaired) electrons. The predicted octanol–water partition coefficient (Wildman–Crippen LogP) is 2.55. The second-order valence-electron chi connectivity index (χ2n) is 3.98. The molecule has 0 spiro atoms. The summed E-state index contributed by atoms with van der Waals surface area (Å²) in [6.45, 7) is 0.189. The van der Waals surface area contributed by atoms with Crippen molar-refractivity contribution in [2.45, 2.75) is 6.61 Å². The van der Waals surface area contributed by atoms with Gasteiger partial charge in [0.15, 0.2) is 11.5 Å². The van der Waals surface area contributed by atoms with Crippen molar-refractivity contribution >= 4 is 11.3 Å². The van der Waals surface area contributed by atoms with E-state index in [0.717, 1.165) is 10.4 Å². The number of hydrogen-bond acceptors (Lipinski definition) is 5. The third-order valence-corrected chi connectivity index (χ3v) is 3.59. The molecular weight excluding hydrogens is 286 g/mol. The normalized spacial score (nSPS) is 9.38. The van der Waals surface area contributed by atoms with Crippen molar-refractivity contribution in [1.29, 1.82) is 5.26 Å². The van der Waals surface area contributed by atoms with Crippen LogP contribution in [0.5, 0.6) is 11.5 Å². The molecule has 0 bridgehead atoms. The number of nitriles is 1. The van der Waals surface area contributed by atoms with E-state index in [4.69, 9.17) is 19.8 Å². The van der Waals surface area contributed by atoms with E-state index in [0.29, 0.717) is 23.7 Å². The summed E-state index contributed by atoms with van der Waals surface area (Å²) in [6.07, 6.45) is 0. The molecule has 0 aliphatic rings. The van der Waals surface area contributed by atoms with Crippen LogP contribution in [0.2, 0.25) is 0 Å². The largest absolute Gasteiger partial charge is 0.493 e.